The maximum Gasteiger partial charge on any atom is 0.407 e. The molecule has 0 spiro atoms. The van der Waals surface area contributed by atoms with Gasteiger partial charge in [-0.25, -0.2) is 9.78 Å². The van der Waals surface area contributed by atoms with Crippen LogP contribution in [0.2, 0.25) is 0 Å². The molecule has 0 bridgehead atoms. The number of likely N-dealkylation sites (tertiary alicyclic amines) is 1. The molecule has 2 aromatic rings. The lowest BCUT2D eigenvalue weighted by Gasteiger charge is -2.26. The number of nitrogens with one attached hydrogen (secondary N) is 2. The number of aromatic nitrogens is 2. The first-order valence-corrected chi connectivity index (χ1v) is 8.76. The molecule has 2 amide bonds. The predicted molar refractivity (Wildman–Crippen MR) is 101 cm³/mol. The summed E-state index contributed by atoms with van der Waals surface area (Å²) in [6.07, 6.45) is 2.94. The van der Waals surface area contributed by atoms with E-state index in [1.807, 2.05) is 20.0 Å². The van der Waals surface area contributed by atoms with Gasteiger partial charge in [0.1, 0.15) is 19.7 Å². The van der Waals surface area contributed by atoms with Gasteiger partial charge in [-0.05, 0) is 25.3 Å². The number of hydrogen-bond acceptors (Lipinski definition) is 4. The molecule has 136 valence electrons. The van der Waals surface area contributed by atoms with Crippen LogP contribution in [0.25, 0.3) is 11.3 Å². The number of rotatable bonds is 4. The van der Waals surface area contributed by atoms with E-state index in [2.05, 4.69) is 32.2 Å². The average molecular weight is 354 g/mol. The third-order valence-corrected chi connectivity index (χ3v) is 4.70. The highest BCUT2D eigenvalue weighted by atomic mass is 16.5. The van der Waals surface area contributed by atoms with E-state index < -0.39 is 12.1 Å². The minimum absolute atomic E-state index is 0.108. The Labute approximate surface area is 153 Å². The van der Waals surface area contributed by atoms with Gasteiger partial charge >= 0.3 is 6.09 Å². The highest BCUT2D eigenvalue weighted by Crippen LogP contribution is 2.31. The fourth-order valence-corrected chi connectivity index (χ4v) is 3.25. The fraction of sp³-hybridized carbons (Fsp3) is 0.389. The predicted octanol–water partition coefficient (Wildman–Crippen LogP) is 0.743. The number of benzene rings is 1. The second-order valence-electron chi connectivity index (χ2n) is 6.60. The van der Waals surface area contributed by atoms with Gasteiger partial charge in [-0.1, -0.05) is 29.7 Å². The first-order chi connectivity index (χ1) is 12.5. The highest BCUT2D eigenvalue weighted by Gasteiger charge is 2.34. The number of imidazole rings is 1. The summed E-state index contributed by atoms with van der Waals surface area (Å²) in [5.74, 6) is 0.642. The fourth-order valence-electron chi connectivity index (χ4n) is 3.25. The molecule has 1 aromatic carbocycles. The second kappa shape index (κ2) is 7.64. The Kier molecular flexibility index (Phi) is 5.30. The third-order valence-electron chi connectivity index (χ3n) is 4.70. The number of ether oxygens (including phenoxy) is 1. The molecule has 1 aromatic heterocycles. The number of H-pyrrole nitrogens is 1. The van der Waals surface area contributed by atoms with Gasteiger partial charge in [0, 0.05) is 6.54 Å². The molecule has 2 atom stereocenters. The number of aromatic amines is 1. The number of alkyl carbamates (subject to hydrolysis) is 1. The molecule has 1 aliphatic heterocycles. The quantitative estimate of drug-likeness (QED) is 0.793. The molecular formula is C18H23BN4O3. The third kappa shape index (κ3) is 3.74. The summed E-state index contributed by atoms with van der Waals surface area (Å²) in [5, 5.41) is 2.53. The Morgan fingerprint density at radius 1 is 1.38 bits per heavy atom. The van der Waals surface area contributed by atoms with E-state index in [-0.39, 0.29) is 11.9 Å². The topological polar surface area (TPSA) is 87.3 Å². The molecule has 26 heavy (non-hydrogen) atoms. The van der Waals surface area contributed by atoms with Crippen molar-refractivity contribution >= 4 is 25.3 Å². The van der Waals surface area contributed by atoms with Crippen molar-refractivity contribution < 1.29 is 14.3 Å². The average Bonchev–Trinajstić information content (AvgIpc) is 3.30. The number of hydrogen-bond donors (Lipinski definition) is 2. The highest BCUT2D eigenvalue weighted by molar-refractivity contribution is 6.32. The molecule has 0 radical (unpaired) electrons. The summed E-state index contributed by atoms with van der Waals surface area (Å²) in [6.45, 7) is 2.31. The van der Waals surface area contributed by atoms with Gasteiger partial charge in [-0.2, -0.15) is 0 Å². The Morgan fingerprint density at radius 2 is 2.12 bits per heavy atom. The Hall–Kier alpha value is -2.77. The van der Waals surface area contributed by atoms with Crippen molar-refractivity contribution in [3.8, 4) is 11.3 Å². The molecule has 0 aliphatic carbocycles. The van der Waals surface area contributed by atoms with Gasteiger partial charge < -0.3 is 19.9 Å². The largest absolute Gasteiger partial charge is 0.453 e. The van der Waals surface area contributed by atoms with Crippen LogP contribution in [0.5, 0.6) is 0 Å². The molecule has 0 unspecified atom stereocenters. The second-order valence-corrected chi connectivity index (χ2v) is 6.60. The minimum atomic E-state index is -0.644. The van der Waals surface area contributed by atoms with Crippen molar-refractivity contribution in [3.05, 3.63) is 36.3 Å². The maximum atomic E-state index is 12.7. The monoisotopic (exact) mass is 354 g/mol. The summed E-state index contributed by atoms with van der Waals surface area (Å²) in [5.41, 5.74) is 3.19. The maximum absolute atomic E-state index is 12.7. The molecule has 1 fully saturated rings. The van der Waals surface area contributed by atoms with E-state index in [4.69, 9.17) is 0 Å². The Bertz CT molecular complexity index is 790. The van der Waals surface area contributed by atoms with Crippen molar-refractivity contribution in [1.29, 1.82) is 0 Å². The molecule has 8 heteroatoms. The summed E-state index contributed by atoms with van der Waals surface area (Å²) in [7, 11) is 3.33. The summed E-state index contributed by atoms with van der Waals surface area (Å²) in [4.78, 5) is 33.7. The Morgan fingerprint density at radius 3 is 2.81 bits per heavy atom. The first-order valence-electron chi connectivity index (χ1n) is 8.76. The number of methoxy groups -OCH3 is 1. The van der Waals surface area contributed by atoms with E-state index >= 15 is 0 Å². The van der Waals surface area contributed by atoms with Gasteiger partial charge in [-0.3, -0.25) is 4.79 Å². The van der Waals surface area contributed by atoms with Crippen molar-refractivity contribution in [1.82, 2.24) is 20.2 Å². The van der Waals surface area contributed by atoms with Crippen molar-refractivity contribution in [2.75, 3.05) is 13.7 Å². The molecule has 1 saturated heterocycles. The summed E-state index contributed by atoms with van der Waals surface area (Å²) in [6, 6.07) is 7.46. The van der Waals surface area contributed by atoms with Crippen LogP contribution in [0.1, 0.15) is 31.6 Å². The lowest BCUT2D eigenvalue weighted by Crippen LogP contribution is -2.46. The van der Waals surface area contributed by atoms with Crippen molar-refractivity contribution in [2.45, 2.75) is 31.8 Å². The van der Waals surface area contributed by atoms with Crippen molar-refractivity contribution in [2.24, 2.45) is 0 Å². The zero-order chi connectivity index (χ0) is 18.7. The number of carbonyl (C=O) groups is 2. The van der Waals surface area contributed by atoms with E-state index in [1.165, 1.54) is 12.6 Å². The molecule has 2 N–H and O–H groups in total. The zero-order valence-corrected chi connectivity index (χ0v) is 15.3. The molecule has 7 nitrogen and oxygen atoms in total. The van der Waals surface area contributed by atoms with Crippen molar-refractivity contribution in [3.63, 3.8) is 0 Å². The lowest BCUT2D eigenvalue weighted by atomic mass is 9.95. The minimum Gasteiger partial charge on any atom is -0.453 e. The van der Waals surface area contributed by atoms with Crippen LogP contribution in [0, 0.1) is 0 Å². The number of nitrogens with zero attached hydrogens (tertiary/aromatic N) is 2. The van der Waals surface area contributed by atoms with Gasteiger partial charge in [0.25, 0.3) is 0 Å². The molecule has 0 saturated carbocycles. The van der Waals surface area contributed by atoms with Gasteiger partial charge in [-0.15, -0.1) is 0 Å². The van der Waals surface area contributed by atoms with E-state index in [0.29, 0.717) is 6.54 Å². The smallest absolute Gasteiger partial charge is 0.407 e. The van der Waals surface area contributed by atoms with Gasteiger partial charge in [0.2, 0.25) is 5.91 Å². The summed E-state index contributed by atoms with van der Waals surface area (Å²) >= 11 is 0. The van der Waals surface area contributed by atoms with E-state index in [1.54, 1.807) is 18.0 Å². The van der Waals surface area contributed by atoms with Crippen LogP contribution in [0.3, 0.4) is 0 Å². The van der Waals surface area contributed by atoms with E-state index in [0.717, 1.165) is 29.9 Å². The molecule has 3 rings (SSSR count). The van der Waals surface area contributed by atoms with Gasteiger partial charge in [0.15, 0.2) is 0 Å². The normalized spacial score (nSPS) is 17.8. The van der Waals surface area contributed by atoms with Gasteiger partial charge in [0.05, 0.1) is 25.0 Å². The Balaban J connectivity index is 1.75. The van der Waals surface area contributed by atoms with Crippen LogP contribution < -0.4 is 10.8 Å². The molecular weight excluding hydrogens is 331 g/mol. The standard InChI is InChI=1S/C18H23BN4O3/c1-11(21-18(25)26-2)17(24)23-9-3-4-15(23)16-20-10-14(22-16)12-5-7-13(19)8-6-12/h5-8,10-11,15H,3-4,9,19H2,1-2H3,(H,20,22)(H,21,25)/t11-,15-/m0/s1. The van der Waals surface area contributed by atoms with Crippen LogP contribution in [-0.2, 0) is 9.53 Å². The van der Waals surface area contributed by atoms with Crippen LogP contribution >= 0.6 is 0 Å². The van der Waals surface area contributed by atoms with Crippen LogP contribution in [0.15, 0.2) is 30.5 Å². The molecule has 1 aliphatic rings. The van der Waals surface area contributed by atoms with Crippen LogP contribution in [0.4, 0.5) is 4.79 Å². The first kappa shape index (κ1) is 18.0. The lowest BCUT2D eigenvalue weighted by molar-refractivity contribution is -0.134. The van der Waals surface area contributed by atoms with E-state index in [9.17, 15) is 9.59 Å². The summed E-state index contributed by atoms with van der Waals surface area (Å²) < 4.78 is 4.57. The number of amides is 2. The number of carbonyl (C=O) groups excluding carboxylic acids is 2. The molecule has 2 heterocycles. The zero-order valence-electron chi connectivity index (χ0n) is 15.3. The van der Waals surface area contributed by atoms with Crippen LogP contribution in [-0.4, -0.2) is 54.4 Å². The SMILES string of the molecule is Bc1ccc(-c2cnc([C@@H]3CCCN3C(=O)[C@H](C)NC(=O)OC)[nH]2)cc1.